The van der Waals surface area contributed by atoms with Gasteiger partial charge in [-0.25, -0.2) is 24.3 Å². The summed E-state index contributed by atoms with van der Waals surface area (Å²) in [6.45, 7) is 8.80. The largest absolute Gasteiger partial charge is 0.474 e. The van der Waals surface area contributed by atoms with E-state index in [-0.39, 0.29) is 29.7 Å². The van der Waals surface area contributed by atoms with Gasteiger partial charge in [-0.2, -0.15) is 0 Å². The summed E-state index contributed by atoms with van der Waals surface area (Å²) in [4.78, 5) is 33.6. The quantitative estimate of drug-likeness (QED) is 0.373. The van der Waals surface area contributed by atoms with Crippen LogP contribution in [-0.4, -0.2) is 49.9 Å². The number of thiazole rings is 1. The van der Waals surface area contributed by atoms with Crippen molar-refractivity contribution in [3.63, 3.8) is 0 Å². The van der Waals surface area contributed by atoms with E-state index in [1.807, 2.05) is 44.7 Å². The lowest BCUT2D eigenvalue weighted by Gasteiger charge is -2.22. The predicted octanol–water partition coefficient (Wildman–Crippen LogP) is 4.76. The first kappa shape index (κ1) is 25.5. The molecule has 1 saturated carbocycles. The summed E-state index contributed by atoms with van der Waals surface area (Å²) in [5.74, 6) is 1.20. The Morgan fingerprint density at radius 1 is 1.10 bits per heavy atom. The molecule has 1 saturated heterocycles. The van der Waals surface area contributed by atoms with Crippen molar-refractivity contribution in [3.8, 4) is 28.0 Å². The van der Waals surface area contributed by atoms with Gasteiger partial charge in [0.05, 0.1) is 11.4 Å². The van der Waals surface area contributed by atoms with Gasteiger partial charge in [0, 0.05) is 54.5 Å². The van der Waals surface area contributed by atoms with Crippen LogP contribution in [0.1, 0.15) is 40.3 Å². The predicted molar refractivity (Wildman–Crippen MR) is 147 cm³/mol. The molecule has 1 aliphatic carbocycles. The number of piperidine rings is 1. The lowest BCUT2D eigenvalue weighted by atomic mass is 9.94. The molecule has 39 heavy (non-hydrogen) atoms. The van der Waals surface area contributed by atoms with E-state index in [4.69, 9.17) is 15.5 Å². The molecule has 0 bridgehead atoms. The highest BCUT2D eigenvalue weighted by molar-refractivity contribution is 7.17. The normalized spacial score (nSPS) is 20.2. The van der Waals surface area contributed by atoms with Crippen LogP contribution in [0, 0.1) is 31.5 Å². The number of rotatable bonds is 6. The van der Waals surface area contributed by atoms with Crippen molar-refractivity contribution in [2.75, 3.05) is 13.1 Å². The molecular weight excluding hydrogens is 515 g/mol. The van der Waals surface area contributed by atoms with Crippen molar-refractivity contribution in [2.24, 2.45) is 17.6 Å². The number of ether oxygens (including phenoxy) is 1. The van der Waals surface area contributed by atoms with E-state index in [9.17, 15) is 9.18 Å². The zero-order valence-electron chi connectivity index (χ0n) is 22.2. The average Bonchev–Trinajstić information content (AvgIpc) is 3.21. The van der Waals surface area contributed by atoms with Gasteiger partial charge in [0.15, 0.2) is 10.8 Å². The highest BCUT2D eigenvalue weighted by Gasteiger charge is 2.59. The van der Waals surface area contributed by atoms with Gasteiger partial charge in [-0.1, -0.05) is 0 Å². The Morgan fingerprint density at radius 3 is 2.49 bits per heavy atom. The van der Waals surface area contributed by atoms with E-state index in [0.29, 0.717) is 46.1 Å². The van der Waals surface area contributed by atoms with Crippen LogP contribution >= 0.6 is 11.3 Å². The Bertz CT molecular complexity index is 1560. The minimum Gasteiger partial charge on any atom is -0.474 e. The number of benzene rings is 1. The highest BCUT2D eigenvalue weighted by atomic mass is 32.1. The van der Waals surface area contributed by atoms with Crippen LogP contribution in [0.3, 0.4) is 0 Å². The summed E-state index contributed by atoms with van der Waals surface area (Å²) in [5, 5.41) is 0.642. The molecule has 1 amide bonds. The Morgan fingerprint density at radius 2 is 1.82 bits per heavy atom. The van der Waals surface area contributed by atoms with Gasteiger partial charge in [0.2, 0.25) is 5.88 Å². The van der Waals surface area contributed by atoms with Crippen molar-refractivity contribution in [1.82, 2.24) is 24.8 Å². The van der Waals surface area contributed by atoms with E-state index >= 15 is 0 Å². The third-order valence-electron chi connectivity index (χ3n) is 7.42. The molecule has 8 nitrogen and oxygen atoms in total. The number of nitrogens with zero attached hydrogens (tertiary/aromatic N) is 5. The molecule has 2 fully saturated rings. The number of aromatic nitrogens is 4. The van der Waals surface area contributed by atoms with Gasteiger partial charge < -0.3 is 15.4 Å². The number of fused-ring (bicyclic) bond motifs is 1. The second kappa shape index (κ2) is 9.46. The molecular formula is C29H29FN6O2S. The zero-order valence-corrected chi connectivity index (χ0v) is 23.0. The van der Waals surface area contributed by atoms with Gasteiger partial charge in [-0.15, -0.1) is 11.3 Å². The van der Waals surface area contributed by atoms with E-state index in [0.717, 1.165) is 16.7 Å². The van der Waals surface area contributed by atoms with Crippen LogP contribution in [0.2, 0.25) is 0 Å². The number of pyridine rings is 1. The molecule has 1 aromatic carbocycles. The number of hydrogen-bond donors (Lipinski definition) is 1. The van der Waals surface area contributed by atoms with Gasteiger partial charge in [-0.05, 0) is 69.2 Å². The van der Waals surface area contributed by atoms with Crippen LogP contribution in [-0.2, 0) is 5.54 Å². The minimum atomic E-state index is -0.609. The fraction of sp³-hybridized carbons (Fsp3) is 0.345. The SMILES string of the molecule is Cc1cc(F)ccc1-c1cc(C(C)(C)N)cc(OC2C3CN(C(=O)c4sc(-c5ncccn5)nc4C)CC32)n1. The van der Waals surface area contributed by atoms with Crippen LogP contribution in [0.15, 0.2) is 48.8 Å². The molecule has 2 unspecified atom stereocenters. The molecule has 0 radical (unpaired) electrons. The number of carbonyl (C=O) groups is 1. The van der Waals surface area contributed by atoms with Crippen LogP contribution in [0.5, 0.6) is 5.88 Å². The van der Waals surface area contributed by atoms with Crippen molar-refractivity contribution >= 4 is 17.2 Å². The first-order chi connectivity index (χ1) is 18.6. The van der Waals surface area contributed by atoms with Crippen LogP contribution in [0.4, 0.5) is 4.39 Å². The molecule has 2 atom stereocenters. The third kappa shape index (κ3) is 4.90. The Hall–Kier alpha value is -3.76. The molecule has 0 spiro atoms. The van der Waals surface area contributed by atoms with Crippen LogP contribution < -0.4 is 10.5 Å². The minimum absolute atomic E-state index is 0.0165. The molecule has 4 heterocycles. The summed E-state index contributed by atoms with van der Waals surface area (Å²) in [7, 11) is 0. The van der Waals surface area contributed by atoms with E-state index in [2.05, 4.69) is 15.0 Å². The zero-order chi connectivity index (χ0) is 27.5. The standard InChI is InChI=1S/C29H29FN6O2S/c1-15-10-18(30)6-7-19(15)22-11-17(29(3,4)31)12-23(35-22)38-24-20-13-36(14-21(20)24)28(37)25-16(2)34-27(39-25)26-32-8-5-9-33-26/h5-12,20-21,24H,13-14,31H2,1-4H3. The van der Waals surface area contributed by atoms with E-state index < -0.39 is 5.54 Å². The maximum absolute atomic E-state index is 13.7. The molecule has 6 rings (SSSR count). The molecule has 200 valence electrons. The lowest BCUT2D eigenvalue weighted by Crippen LogP contribution is -2.33. The van der Waals surface area contributed by atoms with Crippen molar-refractivity contribution in [3.05, 3.63) is 76.3 Å². The molecule has 4 aromatic rings. The monoisotopic (exact) mass is 544 g/mol. The van der Waals surface area contributed by atoms with E-state index in [1.54, 1.807) is 24.5 Å². The molecule has 2 aliphatic rings. The summed E-state index contributed by atoms with van der Waals surface area (Å²) >= 11 is 1.33. The van der Waals surface area contributed by atoms with Crippen LogP contribution in [0.25, 0.3) is 22.1 Å². The van der Waals surface area contributed by atoms with Gasteiger partial charge in [-0.3, -0.25) is 4.79 Å². The smallest absolute Gasteiger partial charge is 0.265 e. The van der Waals surface area contributed by atoms with Gasteiger partial charge in [0.1, 0.15) is 16.8 Å². The number of nitrogens with two attached hydrogens (primary N) is 1. The Labute approximate surface area is 230 Å². The highest BCUT2D eigenvalue weighted by Crippen LogP contribution is 2.48. The Balaban J connectivity index is 1.17. The van der Waals surface area contributed by atoms with E-state index in [1.165, 1.54) is 23.5 Å². The van der Waals surface area contributed by atoms with Gasteiger partial charge in [0.25, 0.3) is 5.91 Å². The summed E-state index contributed by atoms with van der Waals surface area (Å²) < 4.78 is 20.1. The number of halogens is 1. The fourth-order valence-electron chi connectivity index (χ4n) is 5.19. The molecule has 2 N–H and O–H groups in total. The topological polar surface area (TPSA) is 107 Å². The summed E-state index contributed by atoms with van der Waals surface area (Å²) in [6, 6.07) is 10.2. The average molecular weight is 545 g/mol. The number of likely N-dealkylation sites (tertiary alicyclic amines) is 1. The van der Waals surface area contributed by atoms with Crippen molar-refractivity contribution in [2.45, 2.75) is 39.3 Å². The number of amides is 1. The summed E-state index contributed by atoms with van der Waals surface area (Å²) in [6.07, 6.45) is 3.31. The second-order valence-corrected chi connectivity index (χ2v) is 11.9. The first-order valence-corrected chi connectivity index (χ1v) is 13.7. The number of hydrogen-bond acceptors (Lipinski definition) is 8. The summed E-state index contributed by atoms with van der Waals surface area (Å²) in [5.41, 5.74) is 9.71. The maximum atomic E-state index is 13.7. The Kier molecular flexibility index (Phi) is 6.19. The second-order valence-electron chi connectivity index (χ2n) is 10.9. The lowest BCUT2D eigenvalue weighted by molar-refractivity contribution is 0.0755. The molecule has 1 aliphatic heterocycles. The number of aryl methyl sites for hydroxylation is 2. The van der Waals surface area contributed by atoms with Crippen molar-refractivity contribution < 1.29 is 13.9 Å². The van der Waals surface area contributed by atoms with Gasteiger partial charge >= 0.3 is 0 Å². The maximum Gasteiger partial charge on any atom is 0.265 e. The molecule has 10 heteroatoms. The van der Waals surface area contributed by atoms with Crippen molar-refractivity contribution in [1.29, 1.82) is 0 Å². The third-order valence-corrected chi connectivity index (χ3v) is 8.56. The molecule has 3 aromatic heterocycles. The number of carbonyl (C=O) groups excluding carboxylic acids is 1. The fourth-order valence-corrected chi connectivity index (χ4v) is 6.17. The first-order valence-electron chi connectivity index (χ1n) is 12.9.